The third kappa shape index (κ3) is 5.33. The first-order valence-corrected chi connectivity index (χ1v) is 10.2. The van der Waals surface area contributed by atoms with Crippen molar-refractivity contribution >= 4 is 34.2 Å². The highest BCUT2D eigenvalue weighted by atomic mass is 32.2. The molecule has 1 amide bonds. The number of aliphatic imine (C=N–C) groups is 1. The highest BCUT2D eigenvalue weighted by Gasteiger charge is 2.17. The van der Waals surface area contributed by atoms with Crippen LogP contribution in [0.3, 0.4) is 0 Å². The quantitative estimate of drug-likeness (QED) is 0.831. The largest absolute Gasteiger partial charge is 0.326 e. The maximum absolute atomic E-state index is 11.6. The zero-order valence-electron chi connectivity index (χ0n) is 14.8. The van der Waals surface area contributed by atoms with E-state index in [1.807, 2.05) is 31.2 Å². The Morgan fingerprint density at radius 3 is 2.68 bits per heavy atom. The van der Waals surface area contributed by atoms with Crippen LogP contribution < -0.4 is 10.7 Å². The summed E-state index contributed by atoms with van der Waals surface area (Å²) in [4.78, 5) is 16.4. The first kappa shape index (κ1) is 18.0. The topological polar surface area (TPSA) is 65.8 Å². The van der Waals surface area contributed by atoms with Crippen LogP contribution in [-0.4, -0.2) is 28.6 Å². The number of hydrazone groups is 1. The molecule has 0 radical (unpaired) electrons. The normalized spacial score (nSPS) is 20.0. The molecule has 0 unspecified atom stereocenters. The molecule has 6 heteroatoms. The third-order valence-corrected chi connectivity index (χ3v) is 5.37. The van der Waals surface area contributed by atoms with Crippen LogP contribution in [-0.2, 0) is 4.79 Å². The fourth-order valence-electron chi connectivity index (χ4n) is 3.10. The summed E-state index contributed by atoms with van der Waals surface area (Å²) in [7, 11) is 0. The number of hydrogen-bond acceptors (Lipinski definition) is 4. The molecule has 0 atom stereocenters. The lowest BCUT2D eigenvalue weighted by molar-refractivity contribution is -0.116. The number of carbonyl (C=O) groups is 1. The molecule has 2 N–H and O–H groups in total. The predicted octanol–water partition coefficient (Wildman–Crippen LogP) is 4.15. The van der Waals surface area contributed by atoms with Gasteiger partial charge in [0, 0.05) is 17.9 Å². The number of rotatable bonds is 5. The average Bonchev–Trinajstić information content (AvgIpc) is 2.64. The van der Waals surface area contributed by atoms with Crippen molar-refractivity contribution in [1.29, 1.82) is 0 Å². The Kier molecular flexibility index (Phi) is 6.50. The average molecular weight is 359 g/mol. The van der Waals surface area contributed by atoms with Crippen LogP contribution >= 0.6 is 11.8 Å². The first-order valence-electron chi connectivity index (χ1n) is 9.18. The van der Waals surface area contributed by atoms with E-state index in [4.69, 9.17) is 4.99 Å². The molecule has 1 aromatic rings. The molecule has 1 saturated carbocycles. The van der Waals surface area contributed by atoms with Gasteiger partial charge in [0.1, 0.15) is 0 Å². The van der Waals surface area contributed by atoms with E-state index in [0.29, 0.717) is 12.5 Å². The number of thioether (sulfide) groups is 1. The van der Waals surface area contributed by atoms with Crippen LogP contribution in [0.15, 0.2) is 34.4 Å². The molecule has 1 aliphatic heterocycles. The van der Waals surface area contributed by atoms with Crippen molar-refractivity contribution in [3.8, 4) is 0 Å². The van der Waals surface area contributed by atoms with Gasteiger partial charge in [0.25, 0.3) is 0 Å². The van der Waals surface area contributed by atoms with Crippen LogP contribution in [0, 0.1) is 0 Å². The Morgan fingerprint density at radius 2 is 2.04 bits per heavy atom. The second kappa shape index (κ2) is 9.04. The minimum atomic E-state index is 0.0612. The Hall–Kier alpha value is -1.82. The summed E-state index contributed by atoms with van der Waals surface area (Å²) in [6.45, 7) is 2.00. The highest BCUT2D eigenvalue weighted by molar-refractivity contribution is 8.14. The van der Waals surface area contributed by atoms with Gasteiger partial charge in [-0.3, -0.25) is 15.2 Å². The molecular weight excluding hydrogens is 332 g/mol. The monoisotopic (exact) mass is 358 g/mol. The van der Waals surface area contributed by atoms with Gasteiger partial charge in [0.2, 0.25) is 5.91 Å². The van der Waals surface area contributed by atoms with Gasteiger partial charge in [-0.1, -0.05) is 50.1 Å². The Labute approximate surface area is 153 Å². The SMILES string of the molecule is CCCC(=O)Nc1ccc(C2=NNC(=NC3CCCCC3)SC2)cc1. The summed E-state index contributed by atoms with van der Waals surface area (Å²) in [6, 6.07) is 8.34. The molecule has 0 saturated heterocycles. The number of amides is 1. The molecule has 0 spiro atoms. The first-order chi connectivity index (χ1) is 12.2. The number of hydrogen-bond donors (Lipinski definition) is 2. The number of amidine groups is 1. The number of nitrogens with one attached hydrogen (secondary N) is 2. The van der Waals surface area contributed by atoms with Gasteiger partial charge in [0.15, 0.2) is 5.17 Å². The van der Waals surface area contributed by atoms with Gasteiger partial charge in [0.05, 0.1) is 11.8 Å². The van der Waals surface area contributed by atoms with Crippen LogP contribution in [0.4, 0.5) is 5.69 Å². The zero-order chi connectivity index (χ0) is 17.5. The maximum atomic E-state index is 11.6. The molecule has 0 aromatic heterocycles. The summed E-state index contributed by atoms with van der Waals surface area (Å²) in [5.74, 6) is 0.881. The fraction of sp³-hybridized carbons (Fsp3) is 0.526. The number of benzene rings is 1. The molecular formula is C19H26N4OS. The van der Waals surface area contributed by atoms with Gasteiger partial charge in [-0.2, -0.15) is 5.10 Å². The van der Waals surface area contributed by atoms with Gasteiger partial charge in [-0.15, -0.1) is 0 Å². The van der Waals surface area contributed by atoms with Crippen molar-refractivity contribution in [3.05, 3.63) is 29.8 Å². The van der Waals surface area contributed by atoms with E-state index in [1.54, 1.807) is 11.8 Å². The molecule has 5 nitrogen and oxygen atoms in total. The third-order valence-electron chi connectivity index (χ3n) is 4.49. The van der Waals surface area contributed by atoms with E-state index < -0.39 is 0 Å². The number of carbonyl (C=O) groups excluding carboxylic acids is 1. The second-order valence-electron chi connectivity index (χ2n) is 6.56. The van der Waals surface area contributed by atoms with Crippen molar-refractivity contribution in [1.82, 2.24) is 5.43 Å². The molecule has 3 rings (SSSR count). The molecule has 1 aliphatic carbocycles. The van der Waals surface area contributed by atoms with Crippen LogP contribution in [0.1, 0.15) is 57.4 Å². The van der Waals surface area contributed by atoms with Crippen molar-refractivity contribution in [2.45, 2.75) is 57.9 Å². The van der Waals surface area contributed by atoms with Crippen molar-refractivity contribution in [2.75, 3.05) is 11.1 Å². The molecule has 25 heavy (non-hydrogen) atoms. The number of anilines is 1. The van der Waals surface area contributed by atoms with Gasteiger partial charge < -0.3 is 5.32 Å². The van der Waals surface area contributed by atoms with E-state index in [2.05, 4.69) is 15.8 Å². The lowest BCUT2D eigenvalue weighted by atomic mass is 9.96. The van der Waals surface area contributed by atoms with Crippen molar-refractivity contribution in [3.63, 3.8) is 0 Å². The van der Waals surface area contributed by atoms with Gasteiger partial charge in [-0.05, 0) is 37.0 Å². The highest BCUT2D eigenvalue weighted by Crippen LogP contribution is 2.22. The summed E-state index contributed by atoms with van der Waals surface area (Å²) in [5.41, 5.74) is 6.03. The van der Waals surface area contributed by atoms with Crippen LogP contribution in [0.2, 0.25) is 0 Å². The number of nitrogens with zero attached hydrogens (tertiary/aromatic N) is 2. The second-order valence-corrected chi connectivity index (χ2v) is 7.52. The van der Waals surface area contributed by atoms with E-state index >= 15 is 0 Å². The molecule has 1 fully saturated rings. The van der Waals surface area contributed by atoms with Crippen LogP contribution in [0.25, 0.3) is 0 Å². The molecule has 2 aliphatic rings. The van der Waals surface area contributed by atoms with Crippen molar-refractivity contribution < 1.29 is 4.79 Å². The standard InChI is InChI=1S/C19H26N4OS/c1-2-6-18(24)20-16-11-9-14(10-12-16)17-13-25-19(23-22-17)21-15-7-4-3-5-8-15/h9-12,15H,2-8,13H2,1H3,(H,20,24)(H,21,23). The minimum Gasteiger partial charge on any atom is -0.326 e. The zero-order valence-corrected chi connectivity index (χ0v) is 15.6. The van der Waals surface area contributed by atoms with E-state index in [1.165, 1.54) is 32.1 Å². The Morgan fingerprint density at radius 1 is 1.28 bits per heavy atom. The van der Waals surface area contributed by atoms with Crippen molar-refractivity contribution in [2.24, 2.45) is 10.1 Å². The van der Waals surface area contributed by atoms with E-state index in [9.17, 15) is 4.79 Å². The van der Waals surface area contributed by atoms with E-state index in [0.717, 1.165) is 34.3 Å². The van der Waals surface area contributed by atoms with Crippen LogP contribution in [0.5, 0.6) is 0 Å². The maximum Gasteiger partial charge on any atom is 0.224 e. The molecule has 1 heterocycles. The summed E-state index contributed by atoms with van der Waals surface area (Å²) in [6.07, 6.45) is 7.75. The predicted molar refractivity (Wildman–Crippen MR) is 106 cm³/mol. The minimum absolute atomic E-state index is 0.0612. The summed E-state index contributed by atoms with van der Waals surface area (Å²) < 4.78 is 0. The summed E-state index contributed by atoms with van der Waals surface area (Å²) >= 11 is 1.72. The lowest BCUT2D eigenvalue weighted by Gasteiger charge is -2.21. The van der Waals surface area contributed by atoms with Gasteiger partial charge >= 0.3 is 0 Å². The molecule has 134 valence electrons. The van der Waals surface area contributed by atoms with Gasteiger partial charge in [-0.25, -0.2) is 0 Å². The summed E-state index contributed by atoms with van der Waals surface area (Å²) in [5, 5.41) is 8.34. The molecule has 1 aromatic carbocycles. The molecule has 0 bridgehead atoms. The van der Waals surface area contributed by atoms with E-state index in [-0.39, 0.29) is 5.91 Å². The fourth-order valence-corrected chi connectivity index (χ4v) is 3.94. The Bertz CT molecular complexity index is 648. The Balaban J connectivity index is 1.57. The smallest absolute Gasteiger partial charge is 0.224 e. The lowest BCUT2D eigenvalue weighted by Crippen LogP contribution is -2.27.